The number of hydrogen-bond acceptors (Lipinski definition) is 4. The molecule has 0 heterocycles. The van der Waals surface area contributed by atoms with Gasteiger partial charge in [-0.1, -0.05) is 23.2 Å². The van der Waals surface area contributed by atoms with E-state index in [2.05, 4.69) is 10.0 Å². The largest absolute Gasteiger partial charge is 0.495 e. The van der Waals surface area contributed by atoms with E-state index in [9.17, 15) is 17.6 Å². The Morgan fingerprint density at radius 3 is 2.23 bits per heavy atom. The average molecular weight is 469 g/mol. The predicted octanol–water partition coefficient (Wildman–Crippen LogP) is 5.19. The van der Waals surface area contributed by atoms with E-state index in [1.807, 2.05) is 0 Å². The number of benzene rings is 3. The minimum absolute atomic E-state index is 0.102. The maximum absolute atomic E-state index is 14.5. The number of amides is 1. The second-order valence-corrected chi connectivity index (χ2v) is 8.61. The van der Waals surface area contributed by atoms with Crippen molar-refractivity contribution in [3.63, 3.8) is 0 Å². The zero-order valence-electron chi connectivity index (χ0n) is 15.4. The summed E-state index contributed by atoms with van der Waals surface area (Å²) in [6.45, 7) is 0. The van der Waals surface area contributed by atoms with E-state index in [0.717, 1.165) is 12.1 Å². The van der Waals surface area contributed by atoms with Crippen LogP contribution in [-0.4, -0.2) is 21.4 Å². The molecule has 0 aliphatic heterocycles. The van der Waals surface area contributed by atoms with Gasteiger partial charge in [0, 0.05) is 15.6 Å². The van der Waals surface area contributed by atoms with Crippen LogP contribution in [0.2, 0.25) is 10.0 Å². The molecule has 0 unspecified atom stereocenters. The van der Waals surface area contributed by atoms with Crippen molar-refractivity contribution >= 4 is 50.5 Å². The molecule has 0 aliphatic carbocycles. The highest BCUT2D eigenvalue weighted by atomic mass is 35.5. The second-order valence-electron chi connectivity index (χ2n) is 6.05. The standard InChI is InChI=1S/C20H15Cl2FN2O4S/c1-29-19-9-6-14(22)10-18(19)25-30(27,28)15-7-8-17(16(23)11-15)24-20(26)12-2-4-13(21)5-3-12/h2-11,25H,1H3,(H,24,26). The molecule has 10 heteroatoms. The van der Waals surface area contributed by atoms with E-state index in [0.29, 0.717) is 10.0 Å². The fourth-order valence-corrected chi connectivity index (χ4v) is 3.89. The van der Waals surface area contributed by atoms with E-state index >= 15 is 0 Å². The number of methoxy groups -OCH3 is 1. The van der Waals surface area contributed by atoms with Crippen LogP contribution in [0.5, 0.6) is 5.75 Å². The molecule has 0 radical (unpaired) electrons. The van der Waals surface area contributed by atoms with Crippen molar-refractivity contribution in [1.82, 2.24) is 0 Å². The van der Waals surface area contributed by atoms with Crippen LogP contribution < -0.4 is 14.8 Å². The maximum Gasteiger partial charge on any atom is 0.262 e. The van der Waals surface area contributed by atoms with Gasteiger partial charge < -0.3 is 10.1 Å². The molecule has 0 aliphatic rings. The van der Waals surface area contributed by atoms with Crippen LogP contribution in [0.4, 0.5) is 15.8 Å². The number of nitrogens with one attached hydrogen (secondary N) is 2. The number of halogens is 3. The van der Waals surface area contributed by atoms with E-state index < -0.39 is 21.7 Å². The lowest BCUT2D eigenvalue weighted by atomic mass is 10.2. The van der Waals surface area contributed by atoms with Gasteiger partial charge in [0.1, 0.15) is 11.6 Å². The minimum atomic E-state index is -4.14. The monoisotopic (exact) mass is 468 g/mol. The lowest BCUT2D eigenvalue weighted by molar-refractivity contribution is 0.102. The second kappa shape index (κ2) is 8.91. The molecule has 0 bridgehead atoms. The SMILES string of the molecule is COc1ccc(Cl)cc1NS(=O)(=O)c1ccc(NC(=O)c2ccc(Cl)cc2)c(F)c1. The summed E-state index contributed by atoms with van der Waals surface area (Å²) in [6.07, 6.45) is 0. The third kappa shape index (κ3) is 5.02. The fraction of sp³-hybridized carbons (Fsp3) is 0.0500. The highest BCUT2D eigenvalue weighted by Gasteiger charge is 2.19. The Hall–Kier alpha value is -2.81. The molecule has 0 spiro atoms. The highest BCUT2D eigenvalue weighted by molar-refractivity contribution is 7.92. The van der Waals surface area contributed by atoms with E-state index in [-0.39, 0.29) is 27.6 Å². The molecule has 30 heavy (non-hydrogen) atoms. The summed E-state index contributed by atoms with van der Waals surface area (Å²) < 4.78 is 47.2. The van der Waals surface area contributed by atoms with Crippen LogP contribution in [0.25, 0.3) is 0 Å². The van der Waals surface area contributed by atoms with Crippen LogP contribution in [0.3, 0.4) is 0 Å². The first kappa shape index (κ1) is 21.9. The van der Waals surface area contributed by atoms with Crippen molar-refractivity contribution in [2.45, 2.75) is 4.90 Å². The molecule has 0 saturated carbocycles. The van der Waals surface area contributed by atoms with E-state index in [1.54, 1.807) is 0 Å². The number of carbonyl (C=O) groups is 1. The molecule has 2 N–H and O–H groups in total. The first-order valence-electron chi connectivity index (χ1n) is 8.42. The Kier molecular flexibility index (Phi) is 6.50. The van der Waals surface area contributed by atoms with Gasteiger partial charge in [0.05, 0.1) is 23.4 Å². The number of rotatable bonds is 6. The summed E-state index contributed by atoms with van der Waals surface area (Å²) in [5, 5.41) is 3.14. The fourth-order valence-electron chi connectivity index (χ4n) is 2.52. The Bertz CT molecular complexity index is 1200. The van der Waals surface area contributed by atoms with Crippen molar-refractivity contribution in [3.05, 3.63) is 82.1 Å². The molecular weight excluding hydrogens is 454 g/mol. The Morgan fingerprint density at radius 2 is 1.60 bits per heavy atom. The summed E-state index contributed by atoms with van der Waals surface area (Å²) in [5.74, 6) is -1.24. The molecule has 0 saturated heterocycles. The molecule has 0 atom stereocenters. The number of ether oxygens (including phenoxy) is 1. The van der Waals surface area contributed by atoms with Gasteiger partial charge in [-0.2, -0.15) is 0 Å². The van der Waals surface area contributed by atoms with Gasteiger partial charge in [-0.05, 0) is 60.7 Å². The number of anilines is 2. The third-order valence-corrected chi connectivity index (χ3v) is 5.86. The molecule has 156 valence electrons. The quantitative estimate of drug-likeness (QED) is 0.520. The Balaban J connectivity index is 1.82. The van der Waals surface area contributed by atoms with Crippen molar-refractivity contribution < 1.29 is 22.3 Å². The molecule has 3 rings (SSSR count). The lowest BCUT2D eigenvalue weighted by Gasteiger charge is -2.13. The number of hydrogen-bond donors (Lipinski definition) is 2. The van der Waals surface area contributed by atoms with Gasteiger partial charge in [0.2, 0.25) is 0 Å². The molecule has 0 aromatic heterocycles. The molecule has 0 fully saturated rings. The molecule has 6 nitrogen and oxygen atoms in total. The normalized spacial score (nSPS) is 11.1. The molecule has 1 amide bonds. The van der Waals surface area contributed by atoms with Crippen molar-refractivity contribution in [1.29, 1.82) is 0 Å². The highest BCUT2D eigenvalue weighted by Crippen LogP contribution is 2.30. The Morgan fingerprint density at radius 1 is 0.933 bits per heavy atom. The van der Waals surface area contributed by atoms with Crippen molar-refractivity contribution in [2.24, 2.45) is 0 Å². The summed E-state index contributed by atoms with van der Waals surface area (Å²) in [7, 11) is -2.77. The van der Waals surface area contributed by atoms with Crippen molar-refractivity contribution in [3.8, 4) is 5.75 Å². The predicted molar refractivity (Wildman–Crippen MR) is 115 cm³/mol. The summed E-state index contributed by atoms with van der Waals surface area (Å²) in [4.78, 5) is 11.9. The van der Waals surface area contributed by atoms with Gasteiger partial charge in [0.25, 0.3) is 15.9 Å². The van der Waals surface area contributed by atoms with Crippen LogP contribution in [0, 0.1) is 5.82 Å². The van der Waals surface area contributed by atoms with Gasteiger partial charge in [0.15, 0.2) is 0 Å². The van der Waals surface area contributed by atoms with Gasteiger partial charge >= 0.3 is 0 Å². The van der Waals surface area contributed by atoms with Crippen LogP contribution in [0.15, 0.2) is 65.6 Å². The zero-order valence-corrected chi connectivity index (χ0v) is 17.8. The number of sulfonamides is 1. The summed E-state index contributed by atoms with van der Waals surface area (Å²) in [5.41, 5.74) is 0.199. The van der Waals surface area contributed by atoms with Crippen molar-refractivity contribution in [2.75, 3.05) is 17.1 Å². The van der Waals surface area contributed by atoms with Gasteiger partial charge in [-0.25, -0.2) is 12.8 Å². The van der Waals surface area contributed by atoms with E-state index in [1.165, 1.54) is 55.6 Å². The zero-order chi connectivity index (χ0) is 21.9. The summed E-state index contributed by atoms with van der Waals surface area (Å²) in [6, 6.07) is 13.6. The minimum Gasteiger partial charge on any atom is -0.495 e. The number of carbonyl (C=O) groups excluding carboxylic acids is 1. The first-order valence-corrected chi connectivity index (χ1v) is 10.7. The average Bonchev–Trinajstić information content (AvgIpc) is 2.69. The first-order chi connectivity index (χ1) is 14.2. The van der Waals surface area contributed by atoms with Gasteiger partial charge in [-0.15, -0.1) is 0 Å². The lowest BCUT2D eigenvalue weighted by Crippen LogP contribution is -2.16. The topological polar surface area (TPSA) is 84.5 Å². The maximum atomic E-state index is 14.5. The Labute approximate surface area is 182 Å². The molecule has 3 aromatic rings. The molecular formula is C20H15Cl2FN2O4S. The van der Waals surface area contributed by atoms with E-state index in [4.69, 9.17) is 27.9 Å². The summed E-state index contributed by atoms with van der Waals surface area (Å²) >= 11 is 11.7. The molecule has 3 aromatic carbocycles. The third-order valence-electron chi connectivity index (χ3n) is 4.01. The van der Waals surface area contributed by atoms with Crippen LogP contribution in [-0.2, 0) is 10.0 Å². The van der Waals surface area contributed by atoms with Crippen LogP contribution in [0.1, 0.15) is 10.4 Å². The van der Waals surface area contributed by atoms with Crippen LogP contribution >= 0.6 is 23.2 Å². The smallest absolute Gasteiger partial charge is 0.262 e. The van der Waals surface area contributed by atoms with Gasteiger partial charge in [-0.3, -0.25) is 9.52 Å².